The molecule has 0 fully saturated rings. The molecule has 0 saturated heterocycles. The molecule has 0 aromatic rings. The van der Waals surface area contributed by atoms with Gasteiger partial charge in [0.25, 0.3) is 0 Å². The van der Waals surface area contributed by atoms with Crippen molar-refractivity contribution in [1.29, 1.82) is 0 Å². The highest BCUT2D eigenvalue weighted by atomic mass is 28.4. The normalized spacial score (nSPS) is 11.4. The van der Waals surface area contributed by atoms with Crippen molar-refractivity contribution in [1.82, 2.24) is 5.32 Å². The van der Waals surface area contributed by atoms with Crippen LogP contribution >= 0.6 is 0 Å². The number of hydrogen-bond donors (Lipinski definition) is 2. The zero-order valence-corrected chi connectivity index (χ0v) is 9.83. The van der Waals surface area contributed by atoms with Crippen LogP contribution in [0.15, 0.2) is 0 Å². The molecule has 0 aromatic carbocycles. The molecule has 7 heteroatoms. The van der Waals surface area contributed by atoms with Crippen LogP contribution < -0.4 is 11.1 Å². The van der Waals surface area contributed by atoms with E-state index in [9.17, 15) is 4.79 Å². The maximum Gasteiger partial charge on any atom is 0.497 e. The van der Waals surface area contributed by atoms with E-state index in [1.807, 2.05) is 0 Å². The van der Waals surface area contributed by atoms with Crippen LogP contribution in [-0.4, -0.2) is 42.2 Å². The minimum absolute atomic E-state index is 0.477. The molecule has 0 atom stereocenters. The summed E-state index contributed by atoms with van der Waals surface area (Å²) in [5, 5.41) is 2.46. The number of primary amides is 1. The van der Waals surface area contributed by atoms with E-state index in [4.69, 9.17) is 19.0 Å². The number of urea groups is 1. The number of hydrogen-bond acceptors (Lipinski definition) is 4. The second-order valence-corrected chi connectivity index (χ2v) is 5.59. The second-order valence-electron chi connectivity index (χ2n) is 2.76. The van der Waals surface area contributed by atoms with Crippen LogP contribution in [0.4, 0.5) is 4.79 Å². The number of amides is 2. The monoisotopic (exact) mass is 222 g/mol. The molecule has 0 unspecified atom stereocenters. The third-order valence-electron chi connectivity index (χ3n) is 1.73. The summed E-state index contributed by atoms with van der Waals surface area (Å²) in [6.07, 6.45) is 0.679. The van der Waals surface area contributed by atoms with E-state index in [0.717, 1.165) is 0 Å². The summed E-state index contributed by atoms with van der Waals surface area (Å²) in [5.41, 5.74) is 4.88. The van der Waals surface area contributed by atoms with E-state index < -0.39 is 14.8 Å². The van der Waals surface area contributed by atoms with E-state index in [1.54, 1.807) is 20.8 Å². The zero-order chi connectivity index (χ0) is 11.0. The molecule has 0 aliphatic heterocycles. The van der Waals surface area contributed by atoms with Crippen molar-refractivity contribution >= 4 is 14.8 Å². The van der Waals surface area contributed by atoms with Crippen LogP contribution in [0.25, 0.3) is 0 Å². The van der Waals surface area contributed by atoms with Gasteiger partial charge in [-0.15, -0.1) is 0 Å². The molecule has 84 valence electrons. The van der Waals surface area contributed by atoms with Crippen molar-refractivity contribution in [2.45, 2.75) is 13.0 Å². The minimum Gasteiger partial charge on any atom is -0.377 e. The first kappa shape index (κ1) is 13.4. The third-order valence-corrected chi connectivity index (χ3v) is 3.94. The van der Waals surface area contributed by atoms with Crippen LogP contribution in [0, 0.1) is 0 Å². The Morgan fingerprint density at radius 2 is 2.00 bits per heavy atom. The van der Waals surface area contributed by atoms with Gasteiger partial charge in [0.05, 0.1) is 0 Å². The summed E-state index contributed by atoms with van der Waals surface area (Å²) in [7, 11) is 0.687. The topological polar surface area (TPSA) is 82.8 Å². The lowest BCUT2D eigenvalue weighted by Gasteiger charge is -2.21. The largest absolute Gasteiger partial charge is 0.497 e. The van der Waals surface area contributed by atoms with E-state index >= 15 is 0 Å². The summed E-state index contributed by atoms with van der Waals surface area (Å²) in [6, 6.07) is -0.525. The van der Waals surface area contributed by atoms with Crippen molar-refractivity contribution in [2.24, 2.45) is 5.73 Å². The maximum absolute atomic E-state index is 10.3. The Morgan fingerprint density at radius 3 is 2.43 bits per heavy atom. The van der Waals surface area contributed by atoms with E-state index in [-0.39, 0.29) is 0 Å². The smallest absolute Gasteiger partial charge is 0.377 e. The van der Waals surface area contributed by atoms with Crippen LogP contribution in [0.5, 0.6) is 0 Å². The maximum atomic E-state index is 10.3. The average Bonchev–Trinajstić information content (AvgIpc) is 2.16. The van der Waals surface area contributed by atoms with Gasteiger partial charge in [-0.1, -0.05) is 0 Å². The van der Waals surface area contributed by atoms with E-state index in [1.165, 1.54) is 0 Å². The number of carbonyl (C=O) groups is 1. The average molecular weight is 222 g/mol. The van der Waals surface area contributed by atoms with Crippen molar-refractivity contribution in [3.05, 3.63) is 0 Å². The molecular formula is C7H18N2O4Si. The zero-order valence-electron chi connectivity index (χ0n) is 8.83. The molecular weight excluding hydrogens is 204 g/mol. The van der Waals surface area contributed by atoms with Gasteiger partial charge >= 0.3 is 14.8 Å². The molecule has 3 N–H and O–H groups in total. The number of carbonyl (C=O) groups excluding carboxylic acids is 1. The minimum atomic E-state index is -2.42. The van der Waals surface area contributed by atoms with Crippen LogP contribution in [0.1, 0.15) is 6.42 Å². The van der Waals surface area contributed by atoms with E-state index in [2.05, 4.69) is 5.32 Å². The lowest BCUT2D eigenvalue weighted by molar-refractivity contribution is 0.105. The Bertz CT molecular complexity index is 175. The van der Waals surface area contributed by atoms with E-state index in [0.29, 0.717) is 19.6 Å². The Hall–Kier alpha value is -0.633. The Labute approximate surface area is 85.1 Å². The standard InChI is InChI=1S/C7H18N2O4Si/c1-11-14(3,12-2)13-6-4-5-9-7(8)10/h4-6H2,1-3H3,(H3,8,9,10). The van der Waals surface area contributed by atoms with Crippen molar-refractivity contribution in [3.63, 3.8) is 0 Å². The fourth-order valence-corrected chi connectivity index (χ4v) is 1.66. The Kier molecular flexibility index (Phi) is 6.46. The third kappa shape index (κ3) is 5.92. The first-order chi connectivity index (χ1) is 6.54. The van der Waals surface area contributed by atoms with Gasteiger partial charge in [-0.2, -0.15) is 0 Å². The van der Waals surface area contributed by atoms with Gasteiger partial charge in [-0.3, -0.25) is 0 Å². The highest BCUT2D eigenvalue weighted by molar-refractivity contribution is 6.59. The molecule has 0 radical (unpaired) electrons. The van der Waals surface area contributed by atoms with Crippen molar-refractivity contribution < 1.29 is 18.1 Å². The predicted molar refractivity (Wildman–Crippen MR) is 53.8 cm³/mol. The first-order valence-corrected chi connectivity index (χ1v) is 6.54. The molecule has 0 bridgehead atoms. The SMILES string of the molecule is CO[Si](C)(OC)OCCCNC(N)=O. The van der Waals surface area contributed by atoms with Crippen LogP contribution in [-0.2, 0) is 13.3 Å². The van der Waals surface area contributed by atoms with Crippen LogP contribution in [0.2, 0.25) is 6.55 Å². The van der Waals surface area contributed by atoms with Gasteiger partial charge in [-0.25, -0.2) is 4.79 Å². The first-order valence-electron chi connectivity index (χ1n) is 4.31. The molecule has 0 heterocycles. The summed E-state index contributed by atoms with van der Waals surface area (Å²) in [6.45, 7) is 2.77. The molecule has 0 spiro atoms. The molecule has 2 amide bonds. The molecule has 0 rings (SSSR count). The lowest BCUT2D eigenvalue weighted by Crippen LogP contribution is -2.41. The Balaban J connectivity index is 3.47. The summed E-state index contributed by atoms with van der Waals surface area (Å²) < 4.78 is 15.6. The van der Waals surface area contributed by atoms with Crippen molar-refractivity contribution in [3.8, 4) is 0 Å². The summed E-state index contributed by atoms with van der Waals surface area (Å²) in [4.78, 5) is 10.3. The quantitative estimate of drug-likeness (QED) is 0.466. The van der Waals surface area contributed by atoms with Crippen molar-refractivity contribution in [2.75, 3.05) is 27.4 Å². The van der Waals surface area contributed by atoms with Crippen LogP contribution in [0.3, 0.4) is 0 Å². The fourth-order valence-electron chi connectivity index (χ4n) is 0.743. The highest BCUT2D eigenvalue weighted by Gasteiger charge is 2.31. The lowest BCUT2D eigenvalue weighted by atomic mass is 10.4. The highest BCUT2D eigenvalue weighted by Crippen LogP contribution is 2.05. The summed E-state index contributed by atoms with van der Waals surface area (Å²) in [5.74, 6) is 0. The fraction of sp³-hybridized carbons (Fsp3) is 0.857. The summed E-state index contributed by atoms with van der Waals surface area (Å²) >= 11 is 0. The molecule has 0 aromatic heterocycles. The second kappa shape index (κ2) is 6.77. The van der Waals surface area contributed by atoms with Gasteiger partial charge in [0.15, 0.2) is 0 Å². The van der Waals surface area contributed by atoms with Gasteiger partial charge in [0.1, 0.15) is 0 Å². The molecule has 14 heavy (non-hydrogen) atoms. The molecule has 0 aliphatic carbocycles. The predicted octanol–water partition coefficient (Wildman–Crippen LogP) is -0.0771. The molecule has 6 nitrogen and oxygen atoms in total. The van der Waals surface area contributed by atoms with Gasteiger partial charge in [0, 0.05) is 33.9 Å². The number of rotatable bonds is 7. The Morgan fingerprint density at radius 1 is 1.43 bits per heavy atom. The van der Waals surface area contributed by atoms with Gasteiger partial charge in [-0.05, 0) is 6.42 Å². The molecule has 0 saturated carbocycles. The van der Waals surface area contributed by atoms with Gasteiger partial charge in [0.2, 0.25) is 0 Å². The number of nitrogens with two attached hydrogens (primary N) is 1. The number of nitrogens with one attached hydrogen (secondary N) is 1. The molecule has 0 aliphatic rings. The van der Waals surface area contributed by atoms with Gasteiger partial charge < -0.3 is 24.3 Å².